The van der Waals surface area contributed by atoms with Gasteiger partial charge in [0.05, 0.1) is 0 Å². The maximum Gasteiger partial charge on any atom is 0.408 e. The van der Waals surface area contributed by atoms with E-state index in [0.29, 0.717) is 0 Å². The molecule has 0 aromatic heterocycles. The van der Waals surface area contributed by atoms with Crippen molar-refractivity contribution in [1.29, 1.82) is 0 Å². The maximum atomic E-state index is 13.4. The standard InChI is InChI=1S/C25H37N3O4/c1-6-15-28(21(29)17-26-24(31)32-25(3,4)5)22(19-12-10-11-18(2)16-19)23(30)27-20-13-8-7-9-14-20/h6,10-12,16,20,22H,1,7-9,13-15,17H2,2-5H3,(H,26,31)(H,27,30). The Morgan fingerprint density at radius 2 is 1.91 bits per heavy atom. The zero-order chi connectivity index (χ0) is 23.7. The third-order valence-electron chi connectivity index (χ3n) is 5.30. The van der Waals surface area contributed by atoms with Gasteiger partial charge in [0.1, 0.15) is 18.2 Å². The summed E-state index contributed by atoms with van der Waals surface area (Å²) in [5.74, 6) is -0.601. The van der Waals surface area contributed by atoms with Crippen molar-refractivity contribution in [3.63, 3.8) is 0 Å². The molecule has 0 radical (unpaired) electrons. The van der Waals surface area contributed by atoms with E-state index in [1.807, 2.05) is 31.2 Å². The van der Waals surface area contributed by atoms with Gasteiger partial charge in [-0.2, -0.15) is 0 Å². The molecule has 1 aromatic rings. The second kappa shape index (κ2) is 11.7. The van der Waals surface area contributed by atoms with Gasteiger partial charge < -0.3 is 20.3 Å². The van der Waals surface area contributed by atoms with Crippen LogP contribution in [0.2, 0.25) is 0 Å². The van der Waals surface area contributed by atoms with Gasteiger partial charge in [0, 0.05) is 12.6 Å². The van der Waals surface area contributed by atoms with Crippen LogP contribution in [-0.4, -0.2) is 47.5 Å². The lowest BCUT2D eigenvalue weighted by molar-refractivity contribution is -0.140. The van der Waals surface area contributed by atoms with E-state index in [4.69, 9.17) is 4.74 Å². The molecule has 0 spiro atoms. The number of ether oxygens (including phenoxy) is 1. The highest BCUT2D eigenvalue weighted by Gasteiger charge is 2.32. The first-order valence-corrected chi connectivity index (χ1v) is 11.3. The fraction of sp³-hybridized carbons (Fsp3) is 0.560. The third kappa shape index (κ3) is 8.02. The first-order valence-electron chi connectivity index (χ1n) is 11.3. The molecular formula is C25H37N3O4. The molecule has 0 aliphatic heterocycles. The molecule has 2 N–H and O–H groups in total. The quantitative estimate of drug-likeness (QED) is 0.594. The van der Waals surface area contributed by atoms with Gasteiger partial charge >= 0.3 is 6.09 Å². The molecule has 1 fully saturated rings. The largest absolute Gasteiger partial charge is 0.444 e. The number of carbonyl (C=O) groups excluding carboxylic acids is 3. The number of aryl methyl sites for hydroxylation is 1. The number of nitrogens with zero attached hydrogens (tertiary/aromatic N) is 1. The van der Waals surface area contributed by atoms with Gasteiger partial charge in [0.15, 0.2) is 0 Å². The fourth-order valence-electron chi connectivity index (χ4n) is 3.89. The van der Waals surface area contributed by atoms with Crippen molar-refractivity contribution in [2.45, 2.75) is 77.5 Å². The van der Waals surface area contributed by atoms with Crippen LogP contribution in [-0.2, 0) is 14.3 Å². The van der Waals surface area contributed by atoms with Crippen LogP contribution in [0.15, 0.2) is 36.9 Å². The summed E-state index contributed by atoms with van der Waals surface area (Å²) in [7, 11) is 0. The molecule has 7 nitrogen and oxygen atoms in total. The Balaban J connectivity index is 2.23. The summed E-state index contributed by atoms with van der Waals surface area (Å²) in [5, 5.41) is 5.64. The van der Waals surface area contributed by atoms with Gasteiger partial charge in [-0.05, 0) is 46.1 Å². The van der Waals surface area contributed by atoms with Crippen LogP contribution >= 0.6 is 0 Å². The molecule has 1 atom stereocenters. The SMILES string of the molecule is C=CCN(C(=O)CNC(=O)OC(C)(C)C)C(C(=O)NC1CCCCC1)c1cccc(C)c1. The summed E-state index contributed by atoms with van der Waals surface area (Å²) >= 11 is 0. The summed E-state index contributed by atoms with van der Waals surface area (Å²) in [4.78, 5) is 40.0. The Kier molecular flexibility index (Phi) is 9.29. The molecule has 32 heavy (non-hydrogen) atoms. The molecule has 1 saturated carbocycles. The Bertz CT molecular complexity index is 810. The minimum absolute atomic E-state index is 0.115. The van der Waals surface area contributed by atoms with Crippen molar-refractivity contribution in [3.05, 3.63) is 48.0 Å². The molecule has 1 aromatic carbocycles. The number of hydrogen-bond acceptors (Lipinski definition) is 4. The van der Waals surface area contributed by atoms with Crippen molar-refractivity contribution in [2.24, 2.45) is 0 Å². The normalized spacial score (nSPS) is 15.4. The maximum absolute atomic E-state index is 13.4. The zero-order valence-electron chi connectivity index (χ0n) is 19.8. The van der Waals surface area contributed by atoms with Crippen LogP contribution in [0.1, 0.15) is 70.0 Å². The van der Waals surface area contributed by atoms with Crippen LogP contribution in [0.5, 0.6) is 0 Å². The monoisotopic (exact) mass is 443 g/mol. The van der Waals surface area contributed by atoms with Crippen molar-refractivity contribution in [1.82, 2.24) is 15.5 Å². The number of rotatable bonds is 8. The molecule has 1 aliphatic rings. The van der Waals surface area contributed by atoms with Gasteiger partial charge in [0.25, 0.3) is 0 Å². The summed E-state index contributed by atoms with van der Waals surface area (Å²) in [6.45, 7) is 10.9. The Labute approximate surface area is 191 Å². The Hall–Kier alpha value is -2.83. The highest BCUT2D eigenvalue weighted by molar-refractivity contribution is 5.90. The fourth-order valence-corrected chi connectivity index (χ4v) is 3.89. The second-order valence-corrected chi connectivity index (χ2v) is 9.35. The summed E-state index contributed by atoms with van der Waals surface area (Å²) in [6.07, 6.45) is 6.17. The Morgan fingerprint density at radius 1 is 1.22 bits per heavy atom. The molecule has 0 bridgehead atoms. The van der Waals surface area contributed by atoms with Gasteiger partial charge in [-0.15, -0.1) is 6.58 Å². The van der Waals surface area contributed by atoms with E-state index in [-0.39, 0.29) is 30.9 Å². The second-order valence-electron chi connectivity index (χ2n) is 9.35. The van der Waals surface area contributed by atoms with Crippen molar-refractivity contribution >= 4 is 17.9 Å². The lowest BCUT2D eigenvalue weighted by Crippen LogP contribution is -2.49. The van der Waals surface area contributed by atoms with Gasteiger partial charge in [-0.25, -0.2) is 4.79 Å². The van der Waals surface area contributed by atoms with Crippen LogP contribution in [0.25, 0.3) is 0 Å². The molecule has 1 unspecified atom stereocenters. The van der Waals surface area contributed by atoms with Crippen molar-refractivity contribution in [2.75, 3.05) is 13.1 Å². The number of nitrogens with one attached hydrogen (secondary N) is 2. The third-order valence-corrected chi connectivity index (χ3v) is 5.30. The van der Waals surface area contributed by atoms with E-state index in [2.05, 4.69) is 17.2 Å². The molecule has 7 heteroatoms. The average molecular weight is 444 g/mol. The number of carbonyl (C=O) groups is 3. The molecule has 3 amide bonds. The number of amides is 3. The average Bonchev–Trinajstić information content (AvgIpc) is 2.71. The van der Waals surface area contributed by atoms with Crippen LogP contribution in [0.4, 0.5) is 4.79 Å². The highest BCUT2D eigenvalue weighted by atomic mass is 16.6. The minimum Gasteiger partial charge on any atom is -0.444 e. The number of hydrogen-bond donors (Lipinski definition) is 2. The van der Waals surface area contributed by atoms with Gasteiger partial charge in [-0.1, -0.05) is 55.2 Å². The van der Waals surface area contributed by atoms with Crippen molar-refractivity contribution in [3.8, 4) is 0 Å². The lowest BCUT2D eigenvalue weighted by atomic mass is 9.94. The molecular weight excluding hydrogens is 406 g/mol. The summed E-state index contributed by atoms with van der Waals surface area (Å²) in [5.41, 5.74) is 1.05. The topological polar surface area (TPSA) is 87.7 Å². The predicted molar refractivity (Wildman–Crippen MR) is 125 cm³/mol. The first kappa shape index (κ1) is 25.4. The molecule has 2 rings (SSSR count). The Morgan fingerprint density at radius 3 is 2.50 bits per heavy atom. The first-order chi connectivity index (χ1) is 15.1. The zero-order valence-corrected chi connectivity index (χ0v) is 19.8. The number of alkyl carbamates (subject to hydrolysis) is 1. The minimum atomic E-state index is -0.817. The van der Waals surface area contributed by atoms with Crippen LogP contribution in [0.3, 0.4) is 0 Å². The molecule has 0 saturated heterocycles. The van der Waals surface area contributed by atoms with Crippen molar-refractivity contribution < 1.29 is 19.1 Å². The van der Waals surface area contributed by atoms with E-state index in [1.54, 1.807) is 26.8 Å². The molecule has 1 aliphatic carbocycles. The van der Waals surface area contributed by atoms with E-state index in [9.17, 15) is 14.4 Å². The van der Waals surface area contributed by atoms with E-state index in [0.717, 1.165) is 36.8 Å². The summed E-state index contributed by atoms with van der Waals surface area (Å²) in [6, 6.07) is 6.88. The van der Waals surface area contributed by atoms with Crippen LogP contribution in [0, 0.1) is 6.92 Å². The lowest BCUT2D eigenvalue weighted by Gasteiger charge is -2.33. The smallest absolute Gasteiger partial charge is 0.408 e. The van der Waals surface area contributed by atoms with Crippen LogP contribution < -0.4 is 10.6 Å². The van der Waals surface area contributed by atoms with E-state index in [1.165, 1.54) is 11.3 Å². The number of benzene rings is 1. The van der Waals surface area contributed by atoms with E-state index < -0.39 is 17.7 Å². The van der Waals surface area contributed by atoms with E-state index >= 15 is 0 Å². The molecule has 0 heterocycles. The van der Waals surface area contributed by atoms with Gasteiger partial charge in [0.2, 0.25) is 11.8 Å². The molecule has 176 valence electrons. The summed E-state index contributed by atoms with van der Waals surface area (Å²) < 4.78 is 5.22. The predicted octanol–water partition coefficient (Wildman–Crippen LogP) is 4.02. The van der Waals surface area contributed by atoms with Gasteiger partial charge in [-0.3, -0.25) is 9.59 Å². The highest BCUT2D eigenvalue weighted by Crippen LogP contribution is 2.25.